The number of benzene rings is 1. The summed E-state index contributed by atoms with van der Waals surface area (Å²) < 4.78 is 0. The van der Waals surface area contributed by atoms with Crippen LogP contribution in [0.15, 0.2) is 24.4 Å². The molecule has 0 spiro atoms. The third-order valence-corrected chi connectivity index (χ3v) is 8.01. The largest absolute Gasteiger partial charge is 0.382 e. The molecule has 2 fully saturated rings. The Morgan fingerprint density at radius 1 is 1.21 bits per heavy atom. The molecule has 1 aliphatic carbocycles. The summed E-state index contributed by atoms with van der Waals surface area (Å²) in [6.07, 6.45) is 8.72. The predicted octanol–water partition coefficient (Wildman–Crippen LogP) is 3.54. The summed E-state index contributed by atoms with van der Waals surface area (Å²) >= 11 is 0. The van der Waals surface area contributed by atoms with Crippen LogP contribution in [-0.2, 0) is 14.4 Å². The molecule has 4 N–H and O–H groups in total. The Bertz CT molecular complexity index is 1100. The van der Waals surface area contributed by atoms with Crippen LogP contribution in [0.1, 0.15) is 65.7 Å². The van der Waals surface area contributed by atoms with Gasteiger partial charge in [0.1, 0.15) is 6.04 Å². The van der Waals surface area contributed by atoms with Crippen LogP contribution in [0.25, 0.3) is 10.9 Å². The van der Waals surface area contributed by atoms with Crippen LogP contribution in [0.2, 0.25) is 0 Å². The van der Waals surface area contributed by atoms with Gasteiger partial charge in [-0.15, -0.1) is 0 Å². The number of anilines is 1. The SMILES string of the molecule is CC(C)(C)[C@H](NC(=O)[C@H](CC1CCCC1)CN(O)C=O)C(=O)N1CCC(Nc2ccc3cn[nH]c3c2)CC1. The monoisotopic (exact) mass is 526 g/mol. The number of rotatable bonds is 10. The zero-order valence-corrected chi connectivity index (χ0v) is 22.8. The molecular weight excluding hydrogens is 484 g/mol. The minimum Gasteiger partial charge on any atom is -0.382 e. The lowest BCUT2D eigenvalue weighted by molar-refractivity contribution is -0.156. The van der Waals surface area contributed by atoms with E-state index in [2.05, 4.69) is 20.8 Å². The average molecular weight is 527 g/mol. The summed E-state index contributed by atoms with van der Waals surface area (Å²) in [5.74, 6) is -0.529. The van der Waals surface area contributed by atoms with E-state index in [1.807, 2.05) is 43.9 Å². The van der Waals surface area contributed by atoms with E-state index in [1.54, 1.807) is 6.20 Å². The van der Waals surface area contributed by atoms with Crippen molar-refractivity contribution in [2.45, 2.75) is 77.8 Å². The van der Waals surface area contributed by atoms with Crippen molar-refractivity contribution < 1.29 is 19.6 Å². The fourth-order valence-corrected chi connectivity index (χ4v) is 5.78. The molecule has 10 nitrogen and oxygen atoms in total. The maximum atomic E-state index is 13.7. The van der Waals surface area contributed by atoms with E-state index < -0.39 is 17.4 Å². The van der Waals surface area contributed by atoms with Gasteiger partial charge in [0, 0.05) is 30.2 Å². The molecule has 10 heteroatoms. The molecule has 0 unspecified atom stereocenters. The molecule has 2 heterocycles. The molecule has 2 atom stereocenters. The van der Waals surface area contributed by atoms with Crippen molar-refractivity contribution in [1.82, 2.24) is 25.5 Å². The number of hydrogen-bond acceptors (Lipinski definition) is 6. The highest BCUT2D eigenvalue weighted by atomic mass is 16.5. The van der Waals surface area contributed by atoms with E-state index in [-0.39, 0.29) is 24.4 Å². The standard InChI is InChI=1S/C28H42N6O4/c1-28(2,3)25(31-26(36)21(17-34(38)18-35)14-19-6-4-5-7-19)27(37)33-12-10-22(11-13-33)30-23-9-8-20-16-29-32-24(20)15-23/h8-9,15-16,18-19,21-22,25,30,38H,4-7,10-14,17H2,1-3H3,(H,29,32)(H,31,36)/t21-,25-/m1/s1. The van der Waals surface area contributed by atoms with Gasteiger partial charge >= 0.3 is 0 Å². The number of piperidine rings is 1. The summed E-state index contributed by atoms with van der Waals surface area (Å²) in [5, 5.41) is 25.1. The maximum Gasteiger partial charge on any atom is 0.245 e. The van der Waals surface area contributed by atoms with Gasteiger partial charge in [-0.05, 0) is 48.8 Å². The predicted molar refractivity (Wildman–Crippen MR) is 145 cm³/mol. The molecule has 4 rings (SSSR count). The minimum absolute atomic E-state index is 0.0711. The van der Waals surface area contributed by atoms with E-state index >= 15 is 0 Å². The first kappa shape index (κ1) is 27.9. The normalized spacial score (nSPS) is 18.8. The van der Waals surface area contributed by atoms with E-state index in [0.29, 0.717) is 36.9 Å². The van der Waals surface area contributed by atoms with Crippen molar-refractivity contribution in [3.63, 3.8) is 0 Å². The van der Waals surface area contributed by atoms with Gasteiger partial charge in [0.05, 0.1) is 24.2 Å². The number of carbonyl (C=O) groups is 3. The Labute approximate surface area is 224 Å². The highest BCUT2D eigenvalue weighted by Crippen LogP contribution is 2.31. The second kappa shape index (κ2) is 12.1. The number of nitrogens with one attached hydrogen (secondary N) is 3. The summed E-state index contributed by atoms with van der Waals surface area (Å²) in [5.41, 5.74) is 1.51. The molecule has 38 heavy (non-hydrogen) atoms. The van der Waals surface area contributed by atoms with Crippen LogP contribution < -0.4 is 10.6 Å². The Hall–Kier alpha value is -3.14. The van der Waals surface area contributed by atoms with Crippen molar-refractivity contribution in [3.05, 3.63) is 24.4 Å². The number of aromatic amines is 1. The third-order valence-electron chi connectivity index (χ3n) is 8.01. The number of amides is 3. The molecule has 2 aromatic rings. The smallest absolute Gasteiger partial charge is 0.245 e. The van der Waals surface area contributed by atoms with Crippen molar-refractivity contribution in [2.75, 3.05) is 25.0 Å². The van der Waals surface area contributed by atoms with Crippen molar-refractivity contribution in [3.8, 4) is 0 Å². The number of H-pyrrole nitrogens is 1. The summed E-state index contributed by atoms with van der Waals surface area (Å²) in [6, 6.07) is 5.67. The Morgan fingerprint density at radius 3 is 2.58 bits per heavy atom. The number of carbonyl (C=O) groups excluding carboxylic acids is 3. The quantitative estimate of drug-likeness (QED) is 0.213. The average Bonchev–Trinajstić information content (AvgIpc) is 3.58. The number of aromatic nitrogens is 2. The van der Waals surface area contributed by atoms with Gasteiger partial charge in [0.15, 0.2) is 0 Å². The number of fused-ring (bicyclic) bond motifs is 1. The second-order valence-corrected chi connectivity index (χ2v) is 12.0. The number of likely N-dealkylation sites (tertiary alicyclic amines) is 1. The molecule has 208 valence electrons. The van der Waals surface area contributed by atoms with Crippen LogP contribution in [0.3, 0.4) is 0 Å². The molecule has 1 aromatic carbocycles. The Morgan fingerprint density at radius 2 is 1.92 bits per heavy atom. The molecule has 0 bridgehead atoms. The Kier molecular flexibility index (Phi) is 8.91. The van der Waals surface area contributed by atoms with E-state index in [0.717, 1.165) is 55.1 Å². The third kappa shape index (κ3) is 7.03. The van der Waals surface area contributed by atoms with E-state index in [9.17, 15) is 19.6 Å². The highest BCUT2D eigenvalue weighted by molar-refractivity contribution is 5.89. The zero-order valence-electron chi connectivity index (χ0n) is 22.8. The first-order valence-electron chi connectivity index (χ1n) is 13.8. The fourth-order valence-electron chi connectivity index (χ4n) is 5.78. The van der Waals surface area contributed by atoms with E-state index in [4.69, 9.17) is 0 Å². The van der Waals surface area contributed by atoms with Gasteiger partial charge in [-0.1, -0.05) is 46.5 Å². The van der Waals surface area contributed by atoms with Crippen molar-refractivity contribution in [2.24, 2.45) is 17.3 Å². The van der Waals surface area contributed by atoms with E-state index in [1.165, 1.54) is 0 Å². The molecule has 1 saturated heterocycles. The second-order valence-electron chi connectivity index (χ2n) is 12.0. The van der Waals surface area contributed by atoms with Gasteiger partial charge in [0.25, 0.3) is 0 Å². The fraction of sp³-hybridized carbons (Fsp3) is 0.643. The number of hydroxylamine groups is 2. The van der Waals surface area contributed by atoms with Crippen LogP contribution in [0.4, 0.5) is 5.69 Å². The summed E-state index contributed by atoms with van der Waals surface area (Å²) in [6.45, 7) is 6.99. The molecular formula is C28H42N6O4. The molecule has 1 saturated carbocycles. The van der Waals surface area contributed by atoms with Crippen molar-refractivity contribution in [1.29, 1.82) is 0 Å². The summed E-state index contributed by atoms with van der Waals surface area (Å²) in [7, 11) is 0. The van der Waals surface area contributed by atoms with Gasteiger partial charge in [0.2, 0.25) is 18.2 Å². The first-order chi connectivity index (χ1) is 18.1. The van der Waals surface area contributed by atoms with Gasteiger partial charge in [-0.25, -0.2) is 5.06 Å². The zero-order chi connectivity index (χ0) is 27.3. The van der Waals surface area contributed by atoms with Gasteiger partial charge in [-0.2, -0.15) is 5.10 Å². The minimum atomic E-state index is -0.697. The lowest BCUT2D eigenvalue weighted by atomic mass is 9.84. The topological polar surface area (TPSA) is 131 Å². The van der Waals surface area contributed by atoms with Crippen LogP contribution in [0.5, 0.6) is 0 Å². The number of hydrogen-bond donors (Lipinski definition) is 4. The summed E-state index contributed by atoms with van der Waals surface area (Å²) in [4.78, 5) is 40.0. The first-order valence-corrected chi connectivity index (χ1v) is 13.8. The lowest BCUT2D eigenvalue weighted by Gasteiger charge is -2.39. The van der Waals surface area contributed by atoms with Gasteiger partial charge in [-0.3, -0.25) is 24.7 Å². The molecule has 1 aromatic heterocycles. The molecule has 1 aliphatic heterocycles. The van der Waals surface area contributed by atoms with Gasteiger partial charge < -0.3 is 15.5 Å². The maximum absolute atomic E-state index is 13.7. The Balaban J connectivity index is 1.36. The van der Waals surface area contributed by atoms with Crippen LogP contribution >= 0.6 is 0 Å². The molecule has 3 amide bonds. The lowest BCUT2D eigenvalue weighted by Crippen LogP contribution is -2.58. The van der Waals surface area contributed by atoms with Crippen LogP contribution in [0, 0.1) is 17.3 Å². The molecule has 2 aliphatic rings. The number of nitrogens with zero attached hydrogens (tertiary/aromatic N) is 3. The van der Waals surface area contributed by atoms with Crippen LogP contribution in [-0.4, -0.2) is 75.3 Å². The molecule has 0 radical (unpaired) electrons. The van der Waals surface area contributed by atoms with Crippen molar-refractivity contribution >= 4 is 34.8 Å². The highest BCUT2D eigenvalue weighted by Gasteiger charge is 2.38.